The van der Waals surface area contributed by atoms with E-state index in [0.29, 0.717) is 72.1 Å². The Morgan fingerprint density at radius 3 is 2.14 bits per heavy atom. The third kappa shape index (κ3) is 7.35. The number of halogens is 2. The third-order valence-electron chi connectivity index (χ3n) is 9.92. The van der Waals surface area contributed by atoms with Gasteiger partial charge in [-0.15, -0.1) is 0 Å². The summed E-state index contributed by atoms with van der Waals surface area (Å²) in [6.45, 7) is 5.10. The van der Waals surface area contributed by atoms with Gasteiger partial charge in [-0.05, 0) is 62.2 Å². The molecule has 0 aliphatic carbocycles. The highest BCUT2D eigenvalue weighted by molar-refractivity contribution is 6.42. The average molecular weight is 713 g/mol. The first kappa shape index (κ1) is 35.3. The number of rotatable bonds is 10. The van der Waals surface area contributed by atoms with Gasteiger partial charge in [-0.3, -0.25) is 9.59 Å². The van der Waals surface area contributed by atoms with Gasteiger partial charge in [0.15, 0.2) is 17.7 Å². The van der Waals surface area contributed by atoms with E-state index in [-0.39, 0.29) is 17.9 Å². The minimum absolute atomic E-state index is 0.200. The summed E-state index contributed by atoms with van der Waals surface area (Å²) in [5, 5.41) is 0.805. The van der Waals surface area contributed by atoms with Crippen LogP contribution in [0.4, 0.5) is 0 Å². The fourth-order valence-electron chi connectivity index (χ4n) is 7.19. The molecule has 3 aliphatic rings. The predicted octanol–water partition coefficient (Wildman–Crippen LogP) is 5.84. The lowest BCUT2D eigenvalue weighted by Gasteiger charge is -2.44. The van der Waals surface area contributed by atoms with Gasteiger partial charge < -0.3 is 38.4 Å². The summed E-state index contributed by atoms with van der Waals surface area (Å²) in [6.07, 6.45) is 1.25. The zero-order valence-corrected chi connectivity index (χ0v) is 29.7. The van der Waals surface area contributed by atoms with Crippen molar-refractivity contribution in [3.8, 4) is 17.2 Å². The van der Waals surface area contributed by atoms with Crippen LogP contribution in [0, 0.1) is 0 Å². The number of ether oxygens (including phenoxy) is 5. The molecule has 3 aromatic rings. The molecule has 2 unspecified atom stereocenters. The van der Waals surface area contributed by atoms with Gasteiger partial charge in [-0.1, -0.05) is 59.6 Å². The van der Waals surface area contributed by atoms with E-state index in [4.69, 9.17) is 46.9 Å². The number of methoxy groups -OCH3 is 3. The van der Waals surface area contributed by atoms with Crippen LogP contribution in [0.15, 0.2) is 60.7 Å². The number of nitrogens with zero attached hydrogens (tertiary/aromatic N) is 3. The topological polar surface area (TPSA) is 90.0 Å². The van der Waals surface area contributed by atoms with Crippen LogP contribution in [0.1, 0.15) is 47.0 Å². The van der Waals surface area contributed by atoms with Crippen molar-refractivity contribution in [2.45, 2.75) is 37.0 Å². The van der Waals surface area contributed by atoms with Gasteiger partial charge in [0.1, 0.15) is 0 Å². The zero-order chi connectivity index (χ0) is 34.5. The minimum atomic E-state index is -0.676. The summed E-state index contributed by atoms with van der Waals surface area (Å²) < 4.78 is 28.6. The molecule has 0 radical (unpaired) electrons. The normalized spacial score (nSPS) is 21.0. The van der Waals surface area contributed by atoms with Gasteiger partial charge in [0.05, 0.1) is 62.7 Å². The molecule has 0 N–H and O–H groups in total. The Morgan fingerprint density at radius 2 is 1.53 bits per heavy atom. The summed E-state index contributed by atoms with van der Waals surface area (Å²) in [5.41, 5.74) is 1.63. The highest BCUT2D eigenvalue weighted by Crippen LogP contribution is 2.42. The Kier molecular flexibility index (Phi) is 11.2. The molecule has 3 saturated heterocycles. The van der Waals surface area contributed by atoms with E-state index in [1.165, 1.54) is 21.3 Å². The van der Waals surface area contributed by atoms with Gasteiger partial charge in [0.2, 0.25) is 11.7 Å². The number of piperidine rings is 1. The first-order chi connectivity index (χ1) is 23.8. The maximum absolute atomic E-state index is 14.2. The van der Waals surface area contributed by atoms with Crippen LogP contribution in [-0.4, -0.2) is 106 Å². The summed E-state index contributed by atoms with van der Waals surface area (Å²) in [4.78, 5) is 34.3. The largest absolute Gasteiger partial charge is 0.493 e. The summed E-state index contributed by atoms with van der Waals surface area (Å²) in [7, 11) is 4.55. The van der Waals surface area contributed by atoms with Gasteiger partial charge in [-0.25, -0.2) is 0 Å². The average Bonchev–Trinajstić information content (AvgIpc) is 3.59. The fourth-order valence-corrected chi connectivity index (χ4v) is 7.50. The van der Waals surface area contributed by atoms with Crippen LogP contribution in [0.2, 0.25) is 10.0 Å². The number of morpholine rings is 1. The van der Waals surface area contributed by atoms with Crippen molar-refractivity contribution in [1.82, 2.24) is 14.7 Å². The molecule has 49 heavy (non-hydrogen) atoms. The van der Waals surface area contributed by atoms with Crippen molar-refractivity contribution in [1.29, 1.82) is 0 Å². The SMILES string of the molecule is COc1cc(C(=O)N2CC(CCN3CCC(C(=O)N4CCOCC4)(c4ccccc4)CC3)OC2c2ccc(Cl)c(Cl)c2)cc(OC)c1OC. The van der Waals surface area contributed by atoms with Crippen LogP contribution in [0.5, 0.6) is 17.2 Å². The molecular weight excluding hydrogens is 669 g/mol. The van der Waals surface area contributed by atoms with Gasteiger partial charge in [0, 0.05) is 30.8 Å². The Hall–Kier alpha value is -3.54. The van der Waals surface area contributed by atoms with E-state index < -0.39 is 11.6 Å². The highest BCUT2D eigenvalue weighted by atomic mass is 35.5. The maximum Gasteiger partial charge on any atom is 0.256 e. The second-order valence-corrected chi connectivity index (χ2v) is 13.5. The van der Waals surface area contributed by atoms with E-state index in [2.05, 4.69) is 17.0 Å². The van der Waals surface area contributed by atoms with Gasteiger partial charge in [-0.2, -0.15) is 0 Å². The molecule has 0 saturated carbocycles. The smallest absolute Gasteiger partial charge is 0.256 e. The number of likely N-dealkylation sites (tertiary alicyclic amines) is 1. The van der Waals surface area contributed by atoms with Crippen molar-refractivity contribution in [2.24, 2.45) is 0 Å². The number of hydrogen-bond donors (Lipinski definition) is 0. The molecule has 3 heterocycles. The van der Waals surface area contributed by atoms with Gasteiger partial charge in [0.25, 0.3) is 5.91 Å². The molecule has 2 amide bonds. The van der Waals surface area contributed by atoms with Crippen molar-refractivity contribution in [3.05, 3.63) is 87.4 Å². The third-order valence-corrected chi connectivity index (χ3v) is 10.7. The fraction of sp³-hybridized carbons (Fsp3) is 0.459. The second kappa shape index (κ2) is 15.6. The van der Waals surface area contributed by atoms with E-state index >= 15 is 0 Å². The van der Waals surface area contributed by atoms with E-state index in [0.717, 1.165) is 43.6 Å². The number of benzene rings is 3. The lowest BCUT2D eigenvalue weighted by molar-refractivity contribution is -0.143. The molecule has 3 aromatic carbocycles. The van der Waals surface area contributed by atoms with Crippen molar-refractivity contribution in [2.75, 3.05) is 73.8 Å². The number of carbonyl (C=O) groups is 2. The molecule has 262 valence electrons. The molecule has 12 heteroatoms. The van der Waals surface area contributed by atoms with Crippen LogP contribution in [0.25, 0.3) is 0 Å². The van der Waals surface area contributed by atoms with Crippen LogP contribution >= 0.6 is 23.2 Å². The van der Waals surface area contributed by atoms with Crippen LogP contribution in [0.3, 0.4) is 0 Å². The summed E-state index contributed by atoms with van der Waals surface area (Å²) >= 11 is 12.6. The zero-order valence-electron chi connectivity index (χ0n) is 28.2. The Morgan fingerprint density at radius 1 is 0.857 bits per heavy atom. The number of hydrogen-bond acceptors (Lipinski definition) is 8. The lowest BCUT2D eigenvalue weighted by atomic mass is 9.71. The Balaban J connectivity index is 1.18. The van der Waals surface area contributed by atoms with E-state index in [1.54, 1.807) is 29.2 Å². The van der Waals surface area contributed by atoms with Crippen molar-refractivity contribution in [3.63, 3.8) is 0 Å². The molecule has 2 atom stereocenters. The molecule has 6 rings (SSSR count). The number of carbonyl (C=O) groups excluding carboxylic acids is 2. The monoisotopic (exact) mass is 711 g/mol. The standard InChI is InChI=1S/C37H43Cl2N3O7/c1-45-31-22-26(23-32(46-2)33(31)47-3)34(43)42-24-28(49-35(42)25-9-10-29(38)30(39)21-25)11-14-40-15-12-37(13-16-40,27-7-5-4-6-8-27)36(44)41-17-19-48-20-18-41/h4-10,21-23,28,35H,11-20,24H2,1-3H3. The quantitative estimate of drug-likeness (QED) is 0.259. The first-order valence-corrected chi connectivity index (χ1v) is 17.4. The number of amides is 2. The molecular formula is C37H43Cl2N3O7. The van der Waals surface area contributed by atoms with Crippen molar-refractivity contribution < 1.29 is 33.3 Å². The van der Waals surface area contributed by atoms with E-state index in [9.17, 15) is 9.59 Å². The van der Waals surface area contributed by atoms with E-state index in [1.807, 2.05) is 29.2 Å². The van der Waals surface area contributed by atoms with Gasteiger partial charge >= 0.3 is 0 Å². The predicted molar refractivity (Wildman–Crippen MR) is 187 cm³/mol. The maximum atomic E-state index is 14.2. The summed E-state index contributed by atoms with van der Waals surface area (Å²) in [6, 6.07) is 18.8. The lowest BCUT2D eigenvalue weighted by Crippen LogP contribution is -2.55. The highest BCUT2D eigenvalue weighted by Gasteiger charge is 2.45. The Labute approximate surface area is 297 Å². The minimum Gasteiger partial charge on any atom is -0.493 e. The Bertz CT molecular complexity index is 1600. The van der Waals surface area contributed by atoms with Crippen molar-refractivity contribution >= 4 is 35.0 Å². The van der Waals surface area contributed by atoms with Crippen LogP contribution in [-0.2, 0) is 19.7 Å². The molecule has 0 spiro atoms. The summed E-state index contributed by atoms with van der Waals surface area (Å²) in [5.74, 6) is 1.13. The molecule has 3 fully saturated rings. The molecule has 0 aromatic heterocycles. The van der Waals surface area contributed by atoms with Crippen LogP contribution < -0.4 is 14.2 Å². The molecule has 10 nitrogen and oxygen atoms in total. The molecule has 0 bridgehead atoms. The molecule has 3 aliphatic heterocycles. The first-order valence-electron chi connectivity index (χ1n) is 16.6. The second-order valence-electron chi connectivity index (χ2n) is 12.6.